The Morgan fingerprint density at radius 1 is 1.12 bits per heavy atom. The minimum Gasteiger partial charge on any atom is -0.0813 e. The molecule has 0 amide bonds. The average molecular weight is 212 g/mol. The normalized spacial score (nSPS) is 21.9. The Morgan fingerprint density at radius 3 is 2.44 bits per heavy atom. The van der Waals surface area contributed by atoms with Gasteiger partial charge in [0.2, 0.25) is 0 Å². The second-order valence-electron chi connectivity index (χ2n) is 5.28. The maximum absolute atomic E-state index is 2.36. The molecule has 0 aromatic heterocycles. The van der Waals surface area contributed by atoms with Gasteiger partial charge in [-0.3, -0.25) is 0 Å². The van der Waals surface area contributed by atoms with Crippen LogP contribution in [0.25, 0.3) is 6.08 Å². The van der Waals surface area contributed by atoms with Crippen molar-refractivity contribution in [3.63, 3.8) is 0 Å². The van der Waals surface area contributed by atoms with Crippen molar-refractivity contribution >= 4 is 6.08 Å². The number of hydrogen-bond acceptors (Lipinski definition) is 0. The van der Waals surface area contributed by atoms with Crippen molar-refractivity contribution in [3.8, 4) is 0 Å². The van der Waals surface area contributed by atoms with Crippen LogP contribution in [-0.2, 0) is 0 Å². The van der Waals surface area contributed by atoms with E-state index in [1.807, 2.05) is 0 Å². The number of allylic oxidation sites excluding steroid dienone is 3. The number of benzene rings is 1. The monoisotopic (exact) mass is 212 g/mol. The molecule has 0 fully saturated rings. The van der Waals surface area contributed by atoms with Crippen molar-refractivity contribution in [3.05, 3.63) is 53.1 Å². The van der Waals surface area contributed by atoms with Crippen LogP contribution in [0.2, 0.25) is 0 Å². The maximum Gasteiger partial charge on any atom is -0.00979 e. The van der Waals surface area contributed by atoms with Crippen molar-refractivity contribution in [2.75, 3.05) is 0 Å². The molecule has 1 aromatic carbocycles. The molecule has 0 heteroatoms. The third-order valence-corrected chi connectivity index (χ3v) is 3.48. The summed E-state index contributed by atoms with van der Waals surface area (Å²) in [5, 5.41) is 0. The summed E-state index contributed by atoms with van der Waals surface area (Å²) in [6.45, 7) is 6.92. The predicted octanol–water partition coefficient (Wildman–Crippen LogP) is 4.84. The molecule has 84 valence electrons. The van der Waals surface area contributed by atoms with Gasteiger partial charge in [0.25, 0.3) is 0 Å². The van der Waals surface area contributed by atoms with Gasteiger partial charge in [-0.1, -0.05) is 61.9 Å². The summed E-state index contributed by atoms with van der Waals surface area (Å²) in [5.41, 5.74) is 4.56. The van der Waals surface area contributed by atoms with Gasteiger partial charge in [-0.2, -0.15) is 0 Å². The predicted molar refractivity (Wildman–Crippen MR) is 71.2 cm³/mol. The van der Waals surface area contributed by atoms with E-state index in [9.17, 15) is 0 Å². The summed E-state index contributed by atoms with van der Waals surface area (Å²) in [7, 11) is 0. The first kappa shape index (κ1) is 11.2. The van der Waals surface area contributed by atoms with Crippen LogP contribution in [0.3, 0.4) is 0 Å². The van der Waals surface area contributed by atoms with E-state index in [4.69, 9.17) is 0 Å². The van der Waals surface area contributed by atoms with E-state index >= 15 is 0 Å². The topological polar surface area (TPSA) is 0 Å². The summed E-state index contributed by atoms with van der Waals surface area (Å²) < 4.78 is 0. The molecule has 16 heavy (non-hydrogen) atoms. The van der Waals surface area contributed by atoms with Crippen LogP contribution >= 0.6 is 0 Å². The zero-order valence-corrected chi connectivity index (χ0v) is 10.5. The molecule has 0 nitrogen and oxygen atoms in total. The molecule has 0 heterocycles. The molecule has 2 rings (SSSR count). The molecule has 0 N–H and O–H groups in total. The van der Waals surface area contributed by atoms with Crippen molar-refractivity contribution in [1.82, 2.24) is 0 Å². The van der Waals surface area contributed by atoms with E-state index < -0.39 is 0 Å². The van der Waals surface area contributed by atoms with Crippen molar-refractivity contribution in [2.45, 2.75) is 33.6 Å². The highest BCUT2D eigenvalue weighted by molar-refractivity contribution is 5.60. The highest BCUT2D eigenvalue weighted by Crippen LogP contribution is 2.41. The lowest BCUT2D eigenvalue weighted by molar-refractivity contribution is 0.407. The van der Waals surface area contributed by atoms with Gasteiger partial charge in [-0.15, -0.1) is 0 Å². The number of hydrogen-bond donors (Lipinski definition) is 0. The zero-order chi connectivity index (χ0) is 11.6. The fraction of sp³-hybridized carbons (Fsp3) is 0.375. The first-order valence-corrected chi connectivity index (χ1v) is 6.04. The van der Waals surface area contributed by atoms with Crippen LogP contribution in [0.1, 0.15) is 39.2 Å². The molecule has 1 aliphatic rings. The van der Waals surface area contributed by atoms with Crippen LogP contribution in [0, 0.1) is 5.41 Å². The molecular weight excluding hydrogens is 192 g/mol. The number of rotatable bonds is 1. The average Bonchev–Trinajstić information content (AvgIpc) is 2.25. The van der Waals surface area contributed by atoms with E-state index in [2.05, 4.69) is 63.3 Å². The summed E-state index contributed by atoms with van der Waals surface area (Å²) in [5.74, 6) is 0. The molecule has 0 radical (unpaired) electrons. The Balaban J connectivity index is 2.41. The minimum atomic E-state index is 0.314. The quantitative estimate of drug-likeness (QED) is 0.625. The fourth-order valence-corrected chi connectivity index (χ4v) is 2.45. The Hall–Kier alpha value is -1.30. The van der Waals surface area contributed by atoms with Gasteiger partial charge < -0.3 is 0 Å². The van der Waals surface area contributed by atoms with Gasteiger partial charge >= 0.3 is 0 Å². The molecule has 0 saturated carbocycles. The molecule has 0 atom stereocenters. The molecule has 0 spiro atoms. The van der Waals surface area contributed by atoms with Gasteiger partial charge in [0.1, 0.15) is 0 Å². The minimum absolute atomic E-state index is 0.314. The smallest absolute Gasteiger partial charge is 0.00979 e. The van der Waals surface area contributed by atoms with E-state index in [0.717, 1.165) is 0 Å². The first-order chi connectivity index (χ1) is 7.59. The molecule has 1 aromatic rings. The molecule has 0 saturated heterocycles. The molecular formula is C16H20. The van der Waals surface area contributed by atoms with Crippen LogP contribution < -0.4 is 0 Å². The summed E-state index contributed by atoms with van der Waals surface area (Å²) in [6.07, 6.45) is 7.17. The second-order valence-corrected chi connectivity index (χ2v) is 5.28. The van der Waals surface area contributed by atoms with E-state index in [1.165, 1.54) is 29.6 Å². The lowest BCUT2D eigenvalue weighted by Gasteiger charge is -2.32. The van der Waals surface area contributed by atoms with Crippen molar-refractivity contribution in [1.29, 1.82) is 0 Å². The van der Waals surface area contributed by atoms with Gasteiger partial charge in [0.15, 0.2) is 0 Å². The first-order valence-electron chi connectivity index (χ1n) is 6.04. The van der Waals surface area contributed by atoms with Crippen LogP contribution in [0.5, 0.6) is 0 Å². The summed E-state index contributed by atoms with van der Waals surface area (Å²) in [6, 6.07) is 10.6. The lowest BCUT2D eigenvalue weighted by Crippen LogP contribution is -2.18. The third-order valence-electron chi connectivity index (χ3n) is 3.48. The van der Waals surface area contributed by atoms with Gasteiger partial charge in [0, 0.05) is 0 Å². The standard InChI is InChI=1S/C16H20/c1-13-8-7-11-16(2,3)15(13)12-14-9-5-4-6-10-14/h4-6,8-10,12H,7,11H2,1-3H3/b15-12+. The summed E-state index contributed by atoms with van der Waals surface area (Å²) in [4.78, 5) is 0. The van der Waals surface area contributed by atoms with Crippen LogP contribution in [-0.4, -0.2) is 0 Å². The Morgan fingerprint density at radius 2 is 1.81 bits per heavy atom. The van der Waals surface area contributed by atoms with Crippen LogP contribution in [0.4, 0.5) is 0 Å². The van der Waals surface area contributed by atoms with Gasteiger partial charge in [-0.25, -0.2) is 0 Å². The van der Waals surface area contributed by atoms with Crippen LogP contribution in [0.15, 0.2) is 47.6 Å². The highest BCUT2D eigenvalue weighted by Gasteiger charge is 2.26. The third kappa shape index (κ3) is 2.27. The van der Waals surface area contributed by atoms with Crippen molar-refractivity contribution in [2.24, 2.45) is 5.41 Å². The Kier molecular flexibility index (Phi) is 3.00. The molecule has 0 unspecified atom stereocenters. The highest BCUT2D eigenvalue weighted by atomic mass is 14.3. The SMILES string of the molecule is CC1=CCCC(C)(C)/C1=C/c1ccccc1. The summed E-state index contributed by atoms with van der Waals surface area (Å²) >= 11 is 0. The Bertz CT molecular complexity index is 419. The zero-order valence-electron chi connectivity index (χ0n) is 10.5. The molecule has 0 aliphatic heterocycles. The Labute approximate surface area is 98.7 Å². The largest absolute Gasteiger partial charge is 0.0813 e. The van der Waals surface area contributed by atoms with E-state index in [-0.39, 0.29) is 0 Å². The molecule has 0 bridgehead atoms. The lowest BCUT2D eigenvalue weighted by atomic mass is 9.72. The fourth-order valence-electron chi connectivity index (χ4n) is 2.45. The van der Waals surface area contributed by atoms with E-state index in [1.54, 1.807) is 0 Å². The van der Waals surface area contributed by atoms with E-state index in [0.29, 0.717) is 5.41 Å². The van der Waals surface area contributed by atoms with Gasteiger partial charge in [0.05, 0.1) is 0 Å². The second kappa shape index (κ2) is 4.29. The molecule has 1 aliphatic carbocycles. The maximum atomic E-state index is 2.36. The van der Waals surface area contributed by atoms with Gasteiger partial charge in [-0.05, 0) is 36.3 Å². The van der Waals surface area contributed by atoms with Crippen molar-refractivity contribution < 1.29 is 0 Å².